The van der Waals surface area contributed by atoms with Gasteiger partial charge in [0.15, 0.2) is 11.3 Å². The fourth-order valence-electron chi connectivity index (χ4n) is 3.62. The zero-order valence-electron chi connectivity index (χ0n) is 14.7. The molecule has 2 heterocycles. The predicted molar refractivity (Wildman–Crippen MR) is 97.0 cm³/mol. The van der Waals surface area contributed by atoms with Crippen molar-refractivity contribution in [3.63, 3.8) is 0 Å². The summed E-state index contributed by atoms with van der Waals surface area (Å²) in [5.74, 6) is -0.166. The molecule has 0 saturated carbocycles. The molecule has 0 atom stereocenters. The average molecular weight is 334 g/mol. The molecule has 1 N–H and O–H groups in total. The van der Waals surface area contributed by atoms with Gasteiger partial charge in [-0.25, -0.2) is 9.97 Å². The minimum Gasteiger partial charge on any atom is -0.350 e. The first-order valence-electron chi connectivity index (χ1n) is 8.82. The van der Waals surface area contributed by atoms with Gasteiger partial charge in [-0.3, -0.25) is 9.20 Å². The van der Waals surface area contributed by atoms with Gasteiger partial charge in [-0.2, -0.15) is 0 Å². The lowest BCUT2D eigenvalue weighted by atomic mass is 10.0. The van der Waals surface area contributed by atoms with Gasteiger partial charge in [0.05, 0.1) is 0 Å². The molecule has 2 aromatic heterocycles. The maximum absolute atomic E-state index is 12.5. The highest BCUT2D eigenvalue weighted by Gasteiger charge is 2.16. The van der Waals surface area contributed by atoms with E-state index in [0.29, 0.717) is 17.9 Å². The Labute approximate surface area is 147 Å². The predicted octanol–water partition coefficient (Wildman–Crippen LogP) is 2.81. The number of nitrogens with one attached hydrogen (secondary N) is 1. The Hall–Kier alpha value is -2.69. The third-order valence-corrected chi connectivity index (χ3v) is 4.90. The number of fused-ring (bicyclic) bond motifs is 2. The second-order valence-electron chi connectivity index (χ2n) is 6.79. The number of carbonyl (C=O) groups is 1. The first-order chi connectivity index (χ1) is 12.1. The average Bonchev–Trinajstić information content (AvgIpc) is 3.20. The summed E-state index contributed by atoms with van der Waals surface area (Å²) in [6.45, 7) is 4.51. The smallest absolute Gasteiger partial charge is 0.273 e. The Kier molecular flexibility index (Phi) is 3.99. The molecule has 5 heteroatoms. The SMILES string of the molecule is Cc1cc(C)n2cnc(C(=O)NCCc3ccc4c(c3)CCC4)c2n1. The van der Waals surface area contributed by atoms with Crippen LogP contribution >= 0.6 is 0 Å². The van der Waals surface area contributed by atoms with E-state index in [1.807, 2.05) is 24.3 Å². The molecule has 0 fully saturated rings. The number of amides is 1. The van der Waals surface area contributed by atoms with Crippen LogP contribution in [0.5, 0.6) is 0 Å². The van der Waals surface area contributed by atoms with Crippen LogP contribution in [0.3, 0.4) is 0 Å². The summed E-state index contributed by atoms with van der Waals surface area (Å²) in [5.41, 5.74) is 7.15. The van der Waals surface area contributed by atoms with Crippen molar-refractivity contribution in [1.29, 1.82) is 0 Å². The number of benzene rings is 1. The van der Waals surface area contributed by atoms with Crippen molar-refractivity contribution in [2.75, 3.05) is 6.54 Å². The monoisotopic (exact) mass is 334 g/mol. The Morgan fingerprint density at radius 2 is 2.04 bits per heavy atom. The van der Waals surface area contributed by atoms with Crippen LogP contribution in [0.2, 0.25) is 0 Å². The molecule has 0 aliphatic heterocycles. The van der Waals surface area contributed by atoms with Crippen molar-refractivity contribution >= 4 is 11.6 Å². The largest absolute Gasteiger partial charge is 0.350 e. The van der Waals surface area contributed by atoms with Crippen molar-refractivity contribution in [3.05, 3.63) is 64.4 Å². The summed E-state index contributed by atoms with van der Waals surface area (Å²) >= 11 is 0. The molecule has 128 valence electrons. The molecule has 0 saturated heterocycles. The van der Waals surface area contributed by atoms with Gasteiger partial charge in [0.2, 0.25) is 0 Å². The van der Waals surface area contributed by atoms with Crippen LogP contribution in [-0.2, 0) is 19.3 Å². The summed E-state index contributed by atoms with van der Waals surface area (Å²) in [4.78, 5) is 21.2. The molecule has 3 aromatic rings. The van der Waals surface area contributed by atoms with Crippen molar-refractivity contribution < 1.29 is 4.79 Å². The van der Waals surface area contributed by atoms with Gasteiger partial charge in [-0.05, 0) is 62.3 Å². The summed E-state index contributed by atoms with van der Waals surface area (Å²) < 4.78 is 1.85. The number of hydrogen-bond donors (Lipinski definition) is 1. The highest BCUT2D eigenvalue weighted by atomic mass is 16.1. The molecule has 5 nitrogen and oxygen atoms in total. The second kappa shape index (κ2) is 6.31. The normalized spacial score (nSPS) is 13.2. The standard InChI is InChI=1S/C20H22N4O/c1-13-10-14(2)24-12-22-18(19(24)23-13)20(25)21-9-8-15-6-7-16-4-3-5-17(16)11-15/h6-7,10-12H,3-5,8-9H2,1-2H3,(H,21,25). The molecule has 4 rings (SSSR count). The van der Waals surface area contributed by atoms with E-state index in [0.717, 1.165) is 17.8 Å². The molecular formula is C20H22N4O. The highest BCUT2D eigenvalue weighted by Crippen LogP contribution is 2.22. The number of aryl methyl sites for hydroxylation is 4. The van der Waals surface area contributed by atoms with Crippen LogP contribution in [0.25, 0.3) is 5.65 Å². The molecule has 0 spiro atoms. The Morgan fingerprint density at radius 3 is 2.92 bits per heavy atom. The van der Waals surface area contributed by atoms with Crippen LogP contribution in [0.4, 0.5) is 0 Å². The molecule has 1 aliphatic carbocycles. The lowest BCUT2D eigenvalue weighted by Gasteiger charge is -2.07. The van der Waals surface area contributed by atoms with Crippen LogP contribution < -0.4 is 5.32 Å². The highest BCUT2D eigenvalue weighted by molar-refractivity contribution is 5.98. The van der Waals surface area contributed by atoms with Crippen LogP contribution in [0, 0.1) is 13.8 Å². The molecular weight excluding hydrogens is 312 g/mol. The van der Waals surface area contributed by atoms with Gasteiger partial charge in [-0.15, -0.1) is 0 Å². The van der Waals surface area contributed by atoms with Gasteiger partial charge < -0.3 is 5.32 Å². The molecule has 0 bridgehead atoms. The Morgan fingerprint density at radius 1 is 1.20 bits per heavy atom. The second-order valence-corrected chi connectivity index (χ2v) is 6.79. The van der Waals surface area contributed by atoms with Crippen LogP contribution in [0.15, 0.2) is 30.6 Å². The van der Waals surface area contributed by atoms with E-state index in [1.54, 1.807) is 6.33 Å². The zero-order chi connectivity index (χ0) is 17.4. The molecule has 25 heavy (non-hydrogen) atoms. The summed E-state index contributed by atoms with van der Waals surface area (Å²) in [5, 5.41) is 2.98. The van der Waals surface area contributed by atoms with Crippen molar-refractivity contribution in [2.24, 2.45) is 0 Å². The molecule has 1 aromatic carbocycles. The third-order valence-electron chi connectivity index (χ3n) is 4.90. The van der Waals surface area contributed by atoms with Crippen molar-refractivity contribution in [1.82, 2.24) is 19.7 Å². The van der Waals surface area contributed by atoms with Crippen LogP contribution in [0.1, 0.15) is 45.0 Å². The van der Waals surface area contributed by atoms with Gasteiger partial charge >= 0.3 is 0 Å². The Bertz CT molecular complexity index is 958. The van der Waals surface area contributed by atoms with E-state index in [9.17, 15) is 4.79 Å². The number of aromatic nitrogens is 3. The summed E-state index contributed by atoms with van der Waals surface area (Å²) in [6.07, 6.45) is 6.13. The van der Waals surface area contributed by atoms with E-state index in [4.69, 9.17) is 0 Å². The van der Waals surface area contributed by atoms with E-state index in [2.05, 4.69) is 33.5 Å². The van der Waals surface area contributed by atoms with Gasteiger partial charge in [0.25, 0.3) is 5.91 Å². The molecule has 0 radical (unpaired) electrons. The number of carbonyl (C=O) groups excluding carboxylic acids is 1. The van der Waals surface area contributed by atoms with Crippen molar-refractivity contribution in [3.8, 4) is 0 Å². The number of rotatable bonds is 4. The number of nitrogens with zero attached hydrogens (tertiary/aromatic N) is 3. The first-order valence-corrected chi connectivity index (χ1v) is 8.82. The van der Waals surface area contributed by atoms with Gasteiger partial charge in [-0.1, -0.05) is 18.2 Å². The van der Waals surface area contributed by atoms with E-state index in [-0.39, 0.29) is 5.91 Å². The number of imidazole rings is 1. The molecule has 1 aliphatic rings. The fourth-order valence-corrected chi connectivity index (χ4v) is 3.62. The van der Waals surface area contributed by atoms with E-state index >= 15 is 0 Å². The first kappa shape index (κ1) is 15.8. The minimum absolute atomic E-state index is 0.166. The minimum atomic E-state index is -0.166. The quantitative estimate of drug-likeness (QED) is 0.798. The molecule has 0 unspecified atom stereocenters. The maximum Gasteiger partial charge on any atom is 0.273 e. The van der Waals surface area contributed by atoms with Gasteiger partial charge in [0, 0.05) is 17.9 Å². The summed E-state index contributed by atoms with van der Waals surface area (Å²) in [7, 11) is 0. The third kappa shape index (κ3) is 3.02. The maximum atomic E-state index is 12.5. The summed E-state index contributed by atoms with van der Waals surface area (Å²) in [6, 6.07) is 8.67. The number of hydrogen-bond acceptors (Lipinski definition) is 3. The lowest BCUT2D eigenvalue weighted by molar-refractivity contribution is 0.0951. The van der Waals surface area contributed by atoms with Crippen LogP contribution in [-0.4, -0.2) is 26.8 Å². The zero-order valence-corrected chi connectivity index (χ0v) is 14.7. The van der Waals surface area contributed by atoms with E-state index < -0.39 is 0 Å². The fraction of sp³-hybridized carbons (Fsp3) is 0.350. The topological polar surface area (TPSA) is 59.3 Å². The van der Waals surface area contributed by atoms with Crippen molar-refractivity contribution in [2.45, 2.75) is 39.5 Å². The molecule has 1 amide bonds. The lowest BCUT2D eigenvalue weighted by Crippen LogP contribution is -2.26. The van der Waals surface area contributed by atoms with Gasteiger partial charge in [0.1, 0.15) is 6.33 Å². The Balaban J connectivity index is 1.44. The van der Waals surface area contributed by atoms with E-state index in [1.165, 1.54) is 36.0 Å².